The van der Waals surface area contributed by atoms with E-state index < -0.39 is 29.3 Å². The van der Waals surface area contributed by atoms with E-state index in [-0.39, 0.29) is 11.3 Å². The fourth-order valence-electron chi connectivity index (χ4n) is 3.18. The van der Waals surface area contributed by atoms with Crippen LogP contribution in [0.15, 0.2) is 57.7 Å². The molecule has 1 atom stereocenters. The summed E-state index contributed by atoms with van der Waals surface area (Å²) in [4.78, 5) is 36.8. The van der Waals surface area contributed by atoms with Gasteiger partial charge < -0.3 is 23.9 Å². The first-order chi connectivity index (χ1) is 15.6. The van der Waals surface area contributed by atoms with Crippen LogP contribution in [0.2, 0.25) is 0 Å². The standard InChI is InChI=1S/C25H27NO7/c1-6-20(26-24(29)33-25(2,3)4)23(28)31-17-11-12-18-19(14-22(27)32-21(18)13-17)15-7-9-16(30-5)10-8-15/h7-14,20H,6H2,1-5H3,(H,26,29). The van der Waals surface area contributed by atoms with E-state index >= 15 is 0 Å². The maximum Gasteiger partial charge on any atom is 0.408 e. The maximum absolute atomic E-state index is 12.6. The lowest BCUT2D eigenvalue weighted by molar-refractivity contribution is -0.136. The molecule has 0 aliphatic rings. The Kier molecular flexibility index (Phi) is 7.06. The molecule has 1 aromatic heterocycles. The second-order valence-electron chi connectivity index (χ2n) is 8.39. The Morgan fingerprint density at radius 1 is 1.03 bits per heavy atom. The number of hydrogen-bond donors (Lipinski definition) is 1. The molecule has 1 amide bonds. The number of hydrogen-bond acceptors (Lipinski definition) is 7. The van der Waals surface area contributed by atoms with E-state index in [4.69, 9.17) is 18.6 Å². The molecule has 8 nitrogen and oxygen atoms in total. The number of methoxy groups -OCH3 is 1. The zero-order valence-corrected chi connectivity index (χ0v) is 19.3. The van der Waals surface area contributed by atoms with Crippen molar-refractivity contribution in [2.45, 2.75) is 45.8 Å². The van der Waals surface area contributed by atoms with Crippen molar-refractivity contribution in [3.63, 3.8) is 0 Å². The molecule has 8 heteroatoms. The summed E-state index contributed by atoms with van der Waals surface area (Å²) >= 11 is 0. The smallest absolute Gasteiger partial charge is 0.408 e. The third kappa shape index (κ3) is 6.12. The van der Waals surface area contributed by atoms with Gasteiger partial charge in [-0.15, -0.1) is 0 Å². The SMILES string of the molecule is CCC(NC(=O)OC(C)(C)C)C(=O)Oc1ccc2c(-c3ccc(OC)cc3)cc(=O)oc2c1. The molecular formula is C25H27NO7. The third-order valence-corrected chi connectivity index (χ3v) is 4.72. The fraction of sp³-hybridized carbons (Fsp3) is 0.320. The lowest BCUT2D eigenvalue weighted by Gasteiger charge is -2.22. The normalized spacial score (nSPS) is 12.2. The van der Waals surface area contributed by atoms with Crippen LogP contribution in [0.5, 0.6) is 11.5 Å². The Bertz CT molecular complexity index is 1210. The Balaban J connectivity index is 1.84. The summed E-state index contributed by atoms with van der Waals surface area (Å²) in [6.07, 6.45) is -0.400. The van der Waals surface area contributed by atoms with Gasteiger partial charge in [0.2, 0.25) is 0 Å². The Morgan fingerprint density at radius 2 is 1.70 bits per heavy atom. The molecule has 0 saturated heterocycles. The number of carbonyl (C=O) groups excluding carboxylic acids is 2. The highest BCUT2D eigenvalue weighted by molar-refractivity contribution is 5.94. The average Bonchev–Trinajstić information content (AvgIpc) is 2.75. The van der Waals surface area contributed by atoms with Crippen LogP contribution in [0.3, 0.4) is 0 Å². The lowest BCUT2D eigenvalue weighted by atomic mass is 10.0. The summed E-state index contributed by atoms with van der Waals surface area (Å²) in [6, 6.07) is 12.6. The molecule has 33 heavy (non-hydrogen) atoms. The van der Waals surface area contributed by atoms with Gasteiger partial charge in [-0.2, -0.15) is 0 Å². The zero-order valence-electron chi connectivity index (χ0n) is 19.3. The van der Waals surface area contributed by atoms with E-state index in [9.17, 15) is 14.4 Å². The molecule has 0 saturated carbocycles. The molecule has 3 rings (SSSR count). The van der Waals surface area contributed by atoms with Gasteiger partial charge in [0.15, 0.2) is 0 Å². The van der Waals surface area contributed by atoms with Gasteiger partial charge in [-0.25, -0.2) is 14.4 Å². The molecule has 174 valence electrons. The van der Waals surface area contributed by atoms with Crippen LogP contribution < -0.4 is 20.4 Å². The first-order valence-electron chi connectivity index (χ1n) is 10.5. The summed E-state index contributed by atoms with van der Waals surface area (Å²) in [5.41, 5.74) is 0.538. The third-order valence-electron chi connectivity index (χ3n) is 4.72. The van der Waals surface area contributed by atoms with Crippen molar-refractivity contribution in [1.82, 2.24) is 5.32 Å². The summed E-state index contributed by atoms with van der Waals surface area (Å²) in [5.74, 6) is 0.231. The van der Waals surface area contributed by atoms with Crippen LogP contribution >= 0.6 is 0 Å². The van der Waals surface area contributed by atoms with Gasteiger partial charge in [0.05, 0.1) is 7.11 Å². The number of rotatable bonds is 6. The number of nitrogens with one attached hydrogen (secondary N) is 1. The first-order valence-corrected chi connectivity index (χ1v) is 10.5. The number of amides is 1. The van der Waals surface area contributed by atoms with Crippen LogP contribution in [0, 0.1) is 0 Å². The Labute approximate surface area is 191 Å². The summed E-state index contributed by atoms with van der Waals surface area (Å²) < 4.78 is 21.1. The minimum absolute atomic E-state index is 0.187. The van der Waals surface area contributed by atoms with Gasteiger partial charge in [0.25, 0.3) is 0 Å². The summed E-state index contributed by atoms with van der Waals surface area (Å²) in [5, 5.41) is 3.19. The summed E-state index contributed by atoms with van der Waals surface area (Å²) in [6.45, 7) is 6.93. The van der Waals surface area contributed by atoms with Crippen LogP contribution in [-0.2, 0) is 9.53 Å². The minimum Gasteiger partial charge on any atom is -0.497 e. The number of benzene rings is 2. The molecule has 0 aliphatic heterocycles. The maximum atomic E-state index is 12.6. The van der Waals surface area contributed by atoms with Crippen LogP contribution in [0.25, 0.3) is 22.1 Å². The number of esters is 1. The molecule has 0 aliphatic carbocycles. The van der Waals surface area contributed by atoms with Gasteiger partial charge in [-0.05, 0) is 62.6 Å². The fourth-order valence-corrected chi connectivity index (χ4v) is 3.18. The van der Waals surface area contributed by atoms with Crippen LogP contribution in [0.4, 0.5) is 4.79 Å². The number of carbonyl (C=O) groups is 2. The molecule has 1 N–H and O–H groups in total. The second-order valence-corrected chi connectivity index (χ2v) is 8.39. The molecule has 1 unspecified atom stereocenters. The molecule has 0 bridgehead atoms. The molecule has 3 aromatic rings. The minimum atomic E-state index is -0.895. The van der Waals surface area contributed by atoms with Crippen LogP contribution in [-0.4, -0.2) is 30.8 Å². The molecule has 0 spiro atoms. The van der Waals surface area contributed by atoms with Gasteiger partial charge >= 0.3 is 17.7 Å². The van der Waals surface area contributed by atoms with Crippen molar-refractivity contribution in [3.8, 4) is 22.6 Å². The van der Waals surface area contributed by atoms with E-state index in [1.807, 2.05) is 12.1 Å². The number of fused-ring (bicyclic) bond motifs is 1. The van der Waals surface area contributed by atoms with E-state index in [2.05, 4.69) is 5.32 Å². The van der Waals surface area contributed by atoms with Gasteiger partial charge in [0.1, 0.15) is 28.7 Å². The second kappa shape index (κ2) is 9.77. The zero-order chi connectivity index (χ0) is 24.2. The van der Waals surface area contributed by atoms with Crippen molar-refractivity contribution in [1.29, 1.82) is 0 Å². The summed E-state index contributed by atoms with van der Waals surface area (Å²) in [7, 11) is 1.58. The van der Waals surface area contributed by atoms with Crippen molar-refractivity contribution < 1.29 is 28.2 Å². The molecule has 0 fully saturated rings. The van der Waals surface area contributed by atoms with Gasteiger partial charge in [-0.1, -0.05) is 19.1 Å². The predicted molar refractivity (Wildman–Crippen MR) is 124 cm³/mol. The van der Waals surface area contributed by atoms with Crippen molar-refractivity contribution >= 4 is 23.0 Å². The topological polar surface area (TPSA) is 104 Å². The van der Waals surface area contributed by atoms with E-state index in [1.54, 1.807) is 59.1 Å². The van der Waals surface area contributed by atoms with E-state index in [1.165, 1.54) is 12.1 Å². The van der Waals surface area contributed by atoms with Gasteiger partial charge in [0, 0.05) is 17.5 Å². The highest BCUT2D eigenvalue weighted by Crippen LogP contribution is 2.30. The van der Waals surface area contributed by atoms with Crippen molar-refractivity contribution in [3.05, 3.63) is 59.0 Å². The number of ether oxygens (including phenoxy) is 3. The first kappa shape index (κ1) is 23.8. The highest BCUT2D eigenvalue weighted by Gasteiger charge is 2.24. The molecule has 1 heterocycles. The predicted octanol–water partition coefficient (Wildman–Crippen LogP) is 4.68. The molecule has 0 radical (unpaired) electrons. The molecule has 2 aromatic carbocycles. The monoisotopic (exact) mass is 453 g/mol. The van der Waals surface area contributed by atoms with Crippen molar-refractivity contribution in [2.24, 2.45) is 0 Å². The van der Waals surface area contributed by atoms with Crippen LogP contribution in [0.1, 0.15) is 34.1 Å². The lowest BCUT2D eigenvalue weighted by Crippen LogP contribution is -2.44. The number of alkyl carbamates (subject to hydrolysis) is 1. The highest BCUT2D eigenvalue weighted by atomic mass is 16.6. The van der Waals surface area contributed by atoms with E-state index in [0.29, 0.717) is 23.1 Å². The Morgan fingerprint density at radius 3 is 2.30 bits per heavy atom. The average molecular weight is 453 g/mol. The molecular weight excluding hydrogens is 426 g/mol. The van der Waals surface area contributed by atoms with Crippen molar-refractivity contribution in [2.75, 3.05) is 7.11 Å². The largest absolute Gasteiger partial charge is 0.497 e. The van der Waals surface area contributed by atoms with E-state index in [0.717, 1.165) is 5.56 Å². The van der Waals surface area contributed by atoms with Gasteiger partial charge in [-0.3, -0.25) is 0 Å². The Hall–Kier alpha value is -3.81. The quantitative estimate of drug-likeness (QED) is 0.328.